The average Bonchev–Trinajstić information content (AvgIpc) is 1.87. The first-order chi connectivity index (χ1) is 4.20. The summed E-state index contributed by atoms with van der Waals surface area (Å²) in [5, 5.41) is 2.74. The Kier molecular flexibility index (Phi) is 3.13. The summed E-state index contributed by atoms with van der Waals surface area (Å²) in [5.74, 6) is 0.486. The highest BCUT2D eigenvalue weighted by Gasteiger charge is 1.84. The van der Waals surface area contributed by atoms with Crippen LogP contribution in [-0.4, -0.2) is 6.72 Å². The minimum absolute atomic E-state index is 0.486. The monoisotopic (exact) mass is 122 g/mol. The molecular weight excluding hydrogens is 112 g/mol. The van der Waals surface area contributed by atoms with Crippen LogP contribution >= 0.6 is 0 Å². The third-order valence-corrected chi connectivity index (χ3v) is 0.742. The van der Waals surface area contributed by atoms with Crippen LogP contribution < -0.4 is 5.32 Å². The van der Waals surface area contributed by atoms with Gasteiger partial charge in [-0.3, -0.25) is 0 Å². The van der Waals surface area contributed by atoms with Crippen molar-refractivity contribution in [2.45, 2.75) is 0 Å². The standard InChI is InChI=1S/C7H10N2/c1-5-6(2)9-7(3)8-4/h5,9H,1-4H2. The van der Waals surface area contributed by atoms with Crippen LogP contribution in [-0.2, 0) is 0 Å². The van der Waals surface area contributed by atoms with Gasteiger partial charge in [-0.1, -0.05) is 19.7 Å². The van der Waals surface area contributed by atoms with Gasteiger partial charge in [0.2, 0.25) is 0 Å². The van der Waals surface area contributed by atoms with E-state index in [1.165, 1.54) is 0 Å². The lowest BCUT2D eigenvalue weighted by atomic mass is 10.5. The second kappa shape index (κ2) is 3.66. The van der Waals surface area contributed by atoms with Crippen molar-refractivity contribution in [3.8, 4) is 0 Å². The van der Waals surface area contributed by atoms with Crippen LogP contribution in [0.15, 0.2) is 42.3 Å². The Labute approximate surface area is 55.3 Å². The second-order valence-electron chi connectivity index (χ2n) is 1.46. The highest BCUT2D eigenvalue weighted by atomic mass is 15.0. The largest absolute Gasteiger partial charge is 0.341 e. The van der Waals surface area contributed by atoms with Gasteiger partial charge in [-0.05, 0) is 12.8 Å². The van der Waals surface area contributed by atoms with Crippen molar-refractivity contribution >= 4 is 6.72 Å². The van der Waals surface area contributed by atoms with E-state index < -0.39 is 0 Å². The van der Waals surface area contributed by atoms with E-state index >= 15 is 0 Å². The number of rotatable bonds is 4. The van der Waals surface area contributed by atoms with Gasteiger partial charge in [-0.2, -0.15) is 0 Å². The molecule has 0 aliphatic rings. The van der Waals surface area contributed by atoms with Gasteiger partial charge in [0.15, 0.2) is 0 Å². The van der Waals surface area contributed by atoms with Crippen molar-refractivity contribution in [1.82, 2.24) is 5.32 Å². The molecule has 0 amide bonds. The van der Waals surface area contributed by atoms with Crippen molar-refractivity contribution in [3.05, 3.63) is 37.3 Å². The first-order valence-corrected chi connectivity index (χ1v) is 2.44. The average molecular weight is 122 g/mol. The highest BCUT2D eigenvalue weighted by molar-refractivity contribution is 5.29. The highest BCUT2D eigenvalue weighted by Crippen LogP contribution is 1.90. The molecule has 0 radical (unpaired) electrons. The maximum Gasteiger partial charge on any atom is 0.122 e. The number of nitrogens with one attached hydrogen (secondary N) is 1. The predicted octanol–water partition coefficient (Wildman–Crippen LogP) is 1.45. The predicted molar refractivity (Wildman–Crippen MR) is 41.2 cm³/mol. The molecule has 0 saturated heterocycles. The number of hydrogen-bond acceptors (Lipinski definition) is 2. The zero-order chi connectivity index (χ0) is 7.28. The second-order valence-corrected chi connectivity index (χ2v) is 1.46. The van der Waals surface area contributed by atoms with E-state index in [1.807, 2.05) is 0 Å². The Hall–Kier alpha value is -1.31. The SMILES string of the molecule is C=CC(=C)NC(=C)N=C. The lowest BCUT2D eigenvalue weighted by molar-refractivity contribution is 0.999. The summed E-state index contributed by atoms with van der Waals surface area (Å²) in [7, 11) is 0. The molecule has 0 aromatic carbocycles. The summed E-state index contributed by atoms with van der Waals surface area (Å²) in [4.78, 5) is 3.51. The fourth-order valence-electron chi connectivity index (χ4n) is 0.276. The van der Waals surface area contributed by atoms with Gasteiger partial charge in [0, 0.05) is 5.70 Å². The van der Waals surface area contributed by atoms with E-state index in [4.69, 9.17) is 0 Å². The molecule has 1 N–H and O–H groups in total. The van der Waals surface area contributed by atoms with Crippen LogP contribution in [0.2, 0.25) is 0 Å². The van der Waals surface area contributed by atoms with Gasteiger partial charge in [-0.15, -0.1) is 0 Å². The van der Waals surface area contributed by atoms with E-state index in [0.717, 1.165) is 0 Å². The fraction of sp³-hybridized carbons (Fsp3) is 0. The van der Waals surface area contributed by atoms with Crippen LogP contribution in [0, 0.1) is 0 Å². The molecule has 0 saturated carbocycles. The minimum Gasteiger partial charge on any atom is -0.341 e. The molecule has 0 atom stereocenters. The number of hydrogen-bond donors (Lipinski definition) is 1. The Balaban J connectivity index is 3.73. The Morgan fingerprint density at radius 1 is 1.44 bits per heavy atom. The van der Waals surface area contributed by atoms with E-state index in [-0.39, 0.29) is 0 Å². The van der Waals surface area contributed by atoms with Gasteiger partial charge in [-0.25, -0.2) is 4.99 Å². The first kappa shape index (κ1) is 7.69. The number of allylic oxidation sites excluding steroid dienone is 1. The molecule has 2 heteroatoms. The minimum atomic E-state index is 0.486. The molecule has 0 aromatic heterocycles. The molecule has 2 nitrogen and oxygen atoms in total. The quantitative estimate of drug-likeness (QED) is 0.443. The van der Waals surface area contributed by atoms with E-state index in [0.29, 0.717) is 11.5 Å². The Morgan fingerprint density at radius 2 is 2.00 bits per heavy atom. The maximum absolute atomic E-state index is 3.58. The summed E-state index contributed by atoms with van der Waals surface area (Å²) in [6.45, 7) is 13.8. The molecule has 0 unspecified atom stereocenters. The molecule has 48 valence electrons. The summed E-state index contributed by atoms with van der Waals surface area (Å²) in [6, 6.07) is 0. The normalized spacial score (nSPS) is 7.56. The van der Waals surface area contributed by atoms with Crippen molar-refractivity contribution in [3.63, 3.8) is 0 Å². The molecule has 0 fully saturated rings. The van der Waals surface area contributed by atoms with Crippen LogP contribution in [0.25, 0.3) is 0 Å². The molecule has 0 bridgehead atoms. The van der Waals surface area contributed by atoms with Crippen molar-refractivity contribution in [2.24, 2.45) is 4.99 Å². The van der Waals surface area contributed by atoms with Gasteiger partial charge >= 0.3 is 0 Å². The van der Waals surface area contributed by atoms with Crippen LogP contribution in [0.4, 0.5) is 0 Å². The topological polar surface area (TPSA) is 24.4 Å². The third-order valence-electron chi connectivity index (χ3n) is 0.742. The molecular formula is C7H10N2. The number of nitrogens with zero attached hydrogens (tertiary/aromatic N) is 1. The number of aliphatic imine (C=N–C) groups is 1. The molecule has 0 aliphatic carbocycles. The van der Waals surface area contributed by atoms with Crippen molar-refractivity contribution in [2.75, 3.05) is 0 Å². The van der Waals surface area contributed by atoms with Crippen LogP contribution in [0.3, 0.4) is 0 Å². The van der Waals surface area contributed by atoms with Gasteiger partial charge in [0.1, 0.15) is 5.82 Å². The molecule has 0 aromatic rings. The third kappa shape index (κ3) is 3.29. The Bertz CT molecular complexity index is 138. The van der Waals surface area contributed by atoms with Crippen molar-refractivity contribution < 1.29 is 0 Å². The first-order valence-electron chi connectivity index (χ1n) is 2.44. The van der Waals surface area contributed by atoms with E-state index in [2.05, 4.69) is 36.8 Å². The summed E-state index contributed by atoms with van der Waals surface area (Å²) >= 11 is 0. The summed E-state index contributed by atoms with van der Waals surface area (Å²) < 4.78 is 0. The zero-order valence-corrected chi connectivity index (χ0v) is 5.35. The van der Waals surface area contributed by atoms with Crippen LogP contribution in [0.5, 0.6) is 0 Å². The summed E-state index contributed by atoms with van der Waals surface area (Å²) in [6.07, 6.45) is 1.58. The molecule has 0 aliphatic heterocycles. The van der Waals surface area contributed by atoms with E-state index in [9.17, 15) is 0 Å². The van der Waals surface area contributed by atoms with Gasteiger partial charge in [0.25, 0.3) is 0 Å². The molecule has 9 heavy (non-hydrogen) atoms. The van der Waals surface area contributed by atoms with Gasteiger partial charge in [0.05, 0.1) is 0 Å². The molecule has 0 heterocycles. The molecule has 0 rings (SSSR count). The zero-order valence-electron chi connectivity index (χ0n) is 5.35. The van der Waals surface area contributed by atoms with Gasteiger partial charge < -0.3 is 5.32 Å². The lowest BCUT2D eigenvalue weighted by Crippen LogP contribution is -2.06. The summed E-state index contributed by atoms with van der Waals surface area (Å²) in [5.41, 5.74) is 0.674. The lowest BCUT2D eigenvalue weighted by Gasteiger charge is -2.01. The molecule has 0 spiro atoms. The smallest absolute Gasteiger partial charge is 0.122 e. The van der Waals surface area contributed by atoms with Crippen LogP contribution in [0.1, 0.15) is 0 Å². The Morgan fingerprint density at radius 3 is 2.33 bits per heavy atom. The van der Waals surface area contributed by atoms with Crippen molar-refractivity contribution in [1.29, 1.82) is 0 Å². The fourth-order valence-corrected chi connectivity index (χ4v) is 0.276. The van der Waals surface area contributed by atoms with E-state index in [1.54, 1.807) is 6.08 Å². The maximum atomic E-state index is 3.58.